The highest BCUT2D eigenvalue weighted by Crippen LogP contribution is 2.11. The number of nitrogens with one attached hydrogen (secondary N) is 1. The van der Waals surface area contributed by atoms with Crippen LogP contribution in [0.3, 0.4) is 0 Å². The van der Waals surface area contributed by atoms with Gasteiger partial charge >= 0.3 is 0 Å². The molecule has 0 spiro atoms. The van der Waals surface area contributed by atoms with Crippen molar-refractivity contribution < 1.29 is 0 Å². The van der Waals surface area contributed by atoms with Gasteiger partial charge in [0.15, 0.2) is 0 Å². The minimum atomic E-state index is -0.109. The van der Waals surface area contributed by atoms with Gasteiger partial charge in [-0.05, 0) is 35.9 Å². The summed E-state index contributed by atoms with van der Waals surface area (Å²) in [6, 6.07) is 15.2. The predicted octanol–water partition coefficient (Wildman–Crippen LogP) is 2.70. The summed E-state index contributed by atoms with van der Waals surface area (Å²) >= 11 is 0. The number of pyridine rings is 1. The zero-order valence-electron chi connectivity index (χ0n) is 12.3. The molecule has 0 aliphatic carbocycles. The number of fused-ring (bicyclic) bond motifs is 1. The van der Waals surface area contributed by atoms with E-state index in [4.69, 9.17) is 0 Å². The number of aromatic nitrogens is 4. The molecule has 0 amide bonds. The first-order valence-corrected chi connectivity index (χ1v) is 7.36. The van der Waals surface area contributed by atoms with E-state index in [1.54, 1.807) is 6.07 Å². The zero-order valence-corrected chi connectivity index (χ0v) is 12.3. The van der Waals surface area contributed by atoms with E-state index in [0.717, 1.165) is 11.4 Å². The van der Waals surface area contributed by atoms with Crippen LogP contribution in [0.15, 0.2) is 71.9 Å². The van der Waals surface area contributed by atoms with Crippen LogP contribution in [-0.4, -0.2) is 19.5 Å². The van der Waals surface area contributed by atoms with E-state index < -0.39 is 0 Å². The van der Waals surface area contributed by atoms with E-state index in [-0.39, 0.29) is 5.56 Å². The van der Waals surface area contributed by atoms with Crippen molar-refractivity contribution >= 4 is 10.9 Å². The van der Waals surface area contributed by atoms with Gasteiger partial charge in [0.1, 0.15) is 11.6 Å². The monoisotopic (exact) mass is 302 g/mol. The number of aromatic amines is 1. The van der Waals surface area contributed by atoms with Crippen molar-refractivity contribution in [3.8, 4) is 5.82 Å². The third-order valence-corrected chi connectivity index (χ3v) is 3.71. The second kappa shape index (κ2) is 5.53. The zero-order chi connectivity index (χ0) is 15.6. The molecule has 0 aliphatic rings. The van der Waals surface area contributed by atoms with Crippen LogP contribution in [0, 0.1) is 0 Å². The Kier molecular flexibility index (Phi) is 3.24. The summed E-state index contributed by atoms with van der Waals surface area (Å²) in [5.74, 6) is 1.50. The van der Waals surface area contributed by atoms with Gasteiger partial charge in [-0.3, -0.25) is 4.79 Å². The van der Waals surface area contributed by atoms with Crippen LogP contribution in [0.1, 0.15) is 11.4 Å². The Balaban J connectivity index is 1.64. The number of H-pyrrole nitrogens is 1. The first-order valence-electron chi connectivity index (χ1n) is 7.36. The van der Waals surface area contributed by atoms with Gasteiger partial charge in [-0.25, -0.2) is 9.97 Å². The van der Waals surface area contributed by atoms with E-state index in [1.807, 2.05) is 65.6 Å². The lowest BCUT2D eigenvalue weighted by molar-refractivity contribution is 0.950. The predicted molar refractivity (Wildman–Crippen MR) is 88.7 cm³/mol. The summed E-state index contributed by atoms with van der Waals surface area (Å²) in [7, 11) is 0. The molecule has 0 saturated heterocycles. The minimum absolute atomic E-state index is 0.109. The first kappa shape index (κ1) is 13.5. The van der Waals surface area contributed by atoms with Crippen molar-refractivity contribution in [1.29, 1.82) is 0 Å². The molecule has 5 nitrogen and oxygen atoms in total. The molecule has 4 rings (SSSR count). The smallest absolute Gasteiger partial charge is 0.258 e. The van der Waals surface area contributed by atoms with Crippen LogP contribution in [0.25, 0.3) is 16.7 Å². The van der Waals surface area contributed by atoms with Crippen LogP contribution in [-0.2, 0) is 6.42 Å². The lowest BCUT2D eigenvalue weighted by Gasteiger charge is -2.05. The fraction of sp³-hybridized carbons (Fsp3) is 0.0556. The van der Waals surface area contributed by atoms with Crippen molar-refractivity contribution in [3.63, 3.8) is 0 Å². The van der Waals surface area contributed by atoms with Gasteiger partial charge in [0, 0.05) is 25.0 Å². The third kappa shape index (κ3) is 2.64. The number of hydrogen-bond acceptors (Lipinski definition) is 3. The second-order valence-corrected chi connectivity index (χ2v) is 5.32. The third-order valence-electron chi connectivity index (χ3n) is 3.71. The topological polar surface area (TPSA) is 63.6 Å². The Morgan fingerprint density at radius 3 is 2.61 bits per heavy atom. The molecule has 0 radical (unpaired) electrons. The highest BCUT2D eigenvalue weighted by atomic mass is 16.1. The highest BCUT2D eigenvalue weighted by molar-refractivity contribution is 5.77. The lowest BCUT2D eigenvalue weighted by Crippen LogP contribution is -2.12. The van der Waals surface area contributed by atoms with Gasteiger partial charge in [0.25, 0.3) is 5.56 Å². The Labute approximate surface area is 132 Å². The summed E-state index contributed by atoms with van der Waals surface area (Å²) in [5, 5.41) is 0.609. The Bertz CT molecular complexity index is 1000. The quantitative estimate of drug-likeness (QED) is 0.633. The molecule has 3 heterocycles. The van der Waals surface area contributed by atoms with E-state index in [1.165, 1.54) is 0 Å². The molecule has 4 aromatic rings. The van der Waals surface area contributed by atoms with Gasteiger partial charge in [-0.2, -0.15) is 0 Å². The van der Waals surface area contributed by atoms with E-state index >= 15 is 0 Å². The van der Waals surface area contributed by atoms with Crippen LogP contribution >= 0.6 is 0 Å². The van der Waals surface area contributed by atoms with Crippen LogP contribution in [0.2, 0.25) is 0 Å². The van der Waals surface area contributed by atoms with Crippen molar-refractivity contribution in [2.24, 2.45) is 0 Å². The molecule has 0 fully saturated rings. The molecule has 112 valence electrons. The van der Waals surface area contributed by atoms with Crippen molar-refractivity contribution in [2.75, 3.05) is 0 Å². The lowest BCUT2D eigenvalue weighted by atomic mass is 10.2. The van der Waals surface area contributed by atoms with Gasteiger partial charge in [0.2, 0.25) is 0 Å². The molecule has 0 unspecified atom stereocenters. The molecule has 0 bridgehead atoms. The maximum atomic E-state index is 12.1. The standard InChI is InChI=1S/C18H14N4O/c23-18-14-5-1-2-6-15(14)20-16(21-18)11-13-7-8-17(19-12-13)22-9-3-4-10-22/h1-10,12H,11H2,(H,20,21,23). The van der Waals surface area contributed by atoms with Crippen LogP contribution < -0.4 is 5.56 Å². The number of hydrogen-bond donors (Lipinski definition) is 1. The highest BCUT2D eigenvalue weighted by Gasteiger charge is 2.05. The molecule has 0 atom stereocenters. The molecule has 0 aliphatic heterocycles. The summed E-state index contributed by atoms with van der Waals surface area (Å²) in [5.41, 5.74) is 1.60. The Morgan fingerprint density at radius 2 is 1.83 bits per heavy atom. The summed E-state index contributed by atoms with van der Waals surface area (Å²) in [4.78, 5) is 23.9. The Morgan fingerprint density at radius 1 is 1.00 bits per heavy atom. The van der Waals surface area contributed by atoms with Crippen molar-refractivity contribution in [1.82, 2.24) is 19.5 Å². The molecule has 0 saturated carbocycles. The molecule has 5 heteroatoms. The van der Waals surface area contributed by atoms with Crippen molar-refractivity contribution in [3.05, 3.63) is 88.9 Å². The van der Waals surface area contributed by atoms with Gasteiger partial charge in [-0.15, -0.1) is 0 Å². The van der Waals surface area contributed by atoms with Crippen LogP contribution in [0.5, 0.6) is 0 Å². The SMILES string of the molecule is O=c1[nH]c(Cc2ccc(-n3cccc3)nc2)nc2ccccc12. The van der Waals surface area contributed by atoms with Gasteiger partial charge in [-0.1, -0.05) is 18.2 Å². The van der Waals surface area contributed by atoms with E-state index in [9.17, 15) is 4.79 Å². The number of benzene rings is 1. The van der Waals surface area contributed by atoms with Gasteiger partial charge in [0.05, 0.1) is 10.9 Å². The van der Waals surface area contributed by atoms with E-state index in [0.29, 0.717) is 23.1 Å². The summed E-state index contributed by atoms with van der Waals surface area (Å²) in [6.45, 7) is 0. The molecule has 1 N–H and O–H groups in total. The summed E-state index contributed by atoms with van der Waals surface area (Å²) in [6.07, 6.45) is 6.25. The fourth-order valence-corrected chi connectivity index (χ4v) is 2.57. The number of para-hydroxylation sites is 1. The average Bonchev–Trinajstić information content (AvgIpc) is 3.10. The normalized spacial score (nSPS) is 11.0. The number of rotatable bonds is 3. The minimum Gasteiger partial charge on any atom is -0.310 e. The summed E-state index contributed by atoms with van der Waals surface area (Å²) < 4.78 is 1.94. The Hall–Kier alpha value is -3.21. The maximum absolute atomic E-state index is 12.1. The first-order chi connectivity index (χ1) is 11.3. The molecular weight excluding hydrogens is 288 g/mol. The number of nitrogens with zero attached hydrogens (tertiary/aromatic N) is 3. The molecular formula is C18H14N4O. The molecule has 1 aromatic carbocycles. The second-order valence-electron chi connectivity index (χ2n) is 5.32. The average molecular weight is 302 g/mol. The maximum Gasteiger partial charge on any atom is 0.258 e. The fourth-order valence-electron chi connectivity index (χ4n) is 2.57. The van der Waals surface area contributed by atoms with Crippen molar-refractivity contribution in [2.45, 2.75) is 6.42 Å². The van der Waals surface area contributed by atoms with Gasteiger partial charge < -0.3 is 9.55 Å². The van der Waals surface area contributed by atoms with Crippen LogP contribution in [0.4, 0.5) is 0 Å². The molecule has 23 heavy (non-hydrogen) atoms. The van der Waals surface area contributed by atoms with E-state index in [2.05, 4.69) is 15.0 Å². The largest absolute Gasteiger partial charge is 0.310 e. The molecule has 3 aromatic heterocycles.